The van der Waals surface area contributed by atoms with Gasteiger partial charge in [-0.25, -0.2) is 9.36 Å². The minimum atomic E-state index is -4.85. The molecule has 122 valence electrons. The van der Waals surface area contributed by atoms with Gasteiger partial charge < -0.3 is 14.5 Å². The van der Waals surface area contributed by atoms with Crippen molar-refractivity contribution in [3.63, 3.8) is 0 Å². The number of benzene rings is 1. The molecule has 0 saturated carbocycles. The van der Waals surface area contributed by atoms with E-state index in [1.165, 1.54) is 24.1 Å². The highest BCUT2D eigenvalue weighted by atomic mass is 31.2. The molecule has 0 aliphatic heterocycles. The van der Waals surface area contributed by atoms with E-state index in [0.29, 0.717) is 5.56 Å². The highest BCUT2D eigenvalue weighted by molar-refractivity contribution is 7.46. The number of aromatic carboxylic acids is 1. The van der Waals surface area contributed by atoms with Gasteiger partial charge in [0.25, 0.3) is 0 Å². The third-order valence-corrected chi connectivity index (χ3v) is 3.24. The van der Waals surface area contributed by atoms with Crippen molar-refractivity contribution in [3.05, 3.63) is 29.3 Å². The van der Waals surface area contributed by atoms with Gasteiger partial charge in [-0.15, -0.1) is 0 Å². The molecule has 0 spiro atoms. The lowest BCUT2D eigenvalue weighted by atomic mass is 10.1. The Kier molecular flexibility index (Phi) is 5.71. The fourth-order valence-electron chi connectivity index (χ4n) is 1.81. The Morgan fingerprint density at radius 1 is 1.32 bits per heavy atom. The standard InChI is InChI=1S/C13H18NO7P/c1-8(2)12(15)14(3)7-10-5-4-9(13(16)17)6-11(10)21-22(18,19)20/h4-6,8H,7H2,1-3H3,(H,16,17)(H2,18,19,20). The molecular formula is C13H18NO7P. The van der Waals surface area contributed by atoms with E-state index in [4.69, 9.17) is 14.9 Å². The zero-order valence-electron chi connectivity index (χ0n) is 12.4. The maximum absolute atomic E-state index is 11.9. The average Bonchev–Trinajstić information content (AvgIpc) is 2.37. The fourth-order valence-corrected chi connectivity index (χ4v) is 2.23. The van der Waals surface area contributed by atoms with Crippen molar-refractivity contribution < 1.29 is 33.6 Å². The number of phosphoric acid groups is 1. The maximum Gasteiger partial charge on any atom is 0.524 e. The number of carbonyl (C=O) groups is 2. The molecule has 9 heteroatoms. The number of carbonyl (C=O) groups excluding carboxylic acids is 1. The first kappa shape index (κ1) is 18.2. The Morgan fingerprint density at radius 2 is 1.91 bits per heavy atom. The summed E-state index contributed by atoms with van der Waals surface area (Å²) in [6, 6.07) is 3.65. The van der Waals surface area contributed by atoms with Crippen LogP contribution in [0.15, 0.2) is 18.2 Å². The molecule has 22 heavy (non-hydrogen) atoms. The summed E-state index contributed by atoms with van der Waals surface area (Å²) in [6.07, 6.45) is 0. The lowest BCUT2D eigenvalue weighted by molar-refractivity contribution is -0.133. The molecule has 1 amide bonds. The molecule has 3 N–H and O–H groups in total. The minimum Gasteiger partial charge on any atom is -0.478 e. The molecule has 0 bridgehead atoms. The molecule has 8 nitrogen and oxygen atoms in total. The largest absolute Gasteiger partial charge is 0.524 e. The van der Waals surface area contributed by atoms with Crippen LogP contribution in [-0.4, -0.2) is 38.7 Å². The fraction of sp³-hybridized carbons (Fsp3) is 0.385. The molecule has 0 heterocycles. The van der Waals surface area contributed by atoms with Crippen LogP contribution in [0.3, 0.4) is 0 Å². The van der Waals surface area contributed by atoms with E-state index in [0.717, 1.165) is 6.07 Å². The lowest BCUT2D eigenvalue weighted by Crippen LogP contribution is -2.30. The van der Waals surface area contributed by atoms with Crippen LogP contribution in [0.4, 0.5) is 0 Å². The SMILES string of the molecule is CC(C)C(=O)N(C)Cc1ccc(C(=O)O)cc1OP(=O)(O)O. The van der Waals surface area contributed by atoms with E-state index in [1.807, 2.05) is 0 Å². The normalized spacial score (nSPS) is 11.4. The highest BCUT2D eigenvalue weighted by Gasteiger charge is 2.22. The topological polar surface area (TPSA) is 124 Å². The van der Waals surface area contributed by atoms with E-state index < -0.39 is 13.8 Å². The van der Waals surface area contributed by atoms with Crippen molar-refractivity contribution in [2.75, 3.05) is 7.05 Å². The first-order chi connectivity index (χ1) is 10.0. The summed E-state index contributed by atoms with van der Waals surface area (Å²) >= 11 is 0. The van der Waals surface area contributed by atoms with Crippen LogP contribution in [0, 0.1) is 5.92 Å². The first-order valence-corrected chi connectivity index (χ1v) is 7.90. The van der Waals surface area contributed by atoms with Crippen LogP contribution in [-0.2, 0) is 15.9 Å². The average molecular weight is 331 g/mol. The van der Waals surface area contributed by atoms with Crippen LogP contribution in [0.25, 0.3) is 0 Å². The monoisotopic (exact) mass is 331 g/mol. The number of carboxylic acid groups (broad SMARTS) is 1. The summed E-state index contributed by atoms with van der Waals surface area (Å²) in [5.41, 5.74) is 0.120. The van der Waals surface area contributed by atoms with Gasteiger partial charge in [0.15, 0.2) is 0 Å². The van der Waals surface area contributed by atoms with E-state index in [2.05, 4.69) is 4.52 Å². The van der Waals surface area contributed by atoms with Gasteiger partial charge in [0.05, 0.1) is 5.56 Å². The Labute approximate surface area is 127 Å². The zero-order chi connectivity index (χ0) is 17.1. The predicted molar refractivity (Wildman–Crippen MR) is 77.4 cm³/mol. The second kappa shape index (κ2) is 6.91. The van der Waals surface area contributed by atoms with Crippen LogP contribution < -0.4 is 4.52 Å². The van der Waals surface area contributed by atoms with E-state index >= 15 is 0 Å². The molecular weight excluding hydrogens is 313 g/mol. The quantitative estimate of drug-likeness (QED) is 0.674. The number of nitrogens with zero attached hydrogens (tertiary/aromatic N) is 1. The summed E-state index contributed by atoms with van der Waals surface area (Å²) in [4.78, 5) is 42.0. The van der Waals surface area contributed by atoms with Gasteiger partial charge in [-0.3, -0.25) is 14.6 Å². The second-order valence-electron chi connectivity index (χ2n) is 5.06. The Morgan fingerprint density at radius 3 is 2.36 bits per heavy atom. The van der Waals surface area contributed by atoms with E-state index in [1.54, 1.807) is 13.8 Å². The number of carboxylic acids is 1. The third-order valence-electron chi connectivity index (χ3n) is 2.81. The van der Waals surface area contributed by atoms with Gasteiger partial charge in [-0.05, 0) is 12.1 Å². The summed E-state index contributed by atoms with van der Waals surface area (Å²) in [5.74, 6) is -1.93. The molecule has 1 rings (SSSR count). The summed E-state index contributed by atoms with van der Waals surface area (Å²) < 4.78 is 15.5. The highest BCUT2D eigenvalue weighted by Crippen LogP contribution is 2.39. The lowest BCUT2D eigenvalue weighted by Gasteiger charge is -2.21. The smallest absolute Gasteiger partial charge is 0.478 e. The van der Waals surface area contributed by atoms with Gasteiger partial charge >= 0.3 is 13.8 Å². The summed E-state index contributed by atoms with van der Waals surface area (Å²) in [6.45, 7) is 3.48. The van der Waals surface area contributed by atoms with Crippen molar-refractivity contribution in [1.29, 1.82) is 0 Å². The van der Waals surface area contributed by atoms with Gasteiger partial charge in [-0.2, -0.15) is 0 Å². The number of rotatable bonds is 6. The third kappa shape index (κ3) is 5.14. The molecule has 0 aliphatic carbocycles. The van der Waals surface area contributed by atoms with E-state index in [9.17, 15) is 14.2 Å². The molecule has 0 aliphatic rings. The Balaban J connectivity index is 3.15. The van der Waals surface area contributed by atoms with Crippen molar-refractivity contribution >= 4 is 19.7 Å². The number of hydrogen-bond acceptors (Lipinski definition) is 4. The molecule has 0 unspecified atom stereocenters. The molecule has 0 radical (unpaired) electrons. The predicted octanol–water partition coefficient (Wildman–Crippen LogP) is 1.47. The zero-order valence-corrected chi connectivity index (χ0v) is 13.3. The van der Waals surface area contributed by atoms with Crippen molar-refractivity contribution in [2.24, 2.45) is 5.92 Å². The molecule has 0 aromatic heterocycles. The van der Waals surface area contributed by atoms with Crippen LogP contribution in [0.1, 0.15) is 29.8 Å². The van der Waals surface area contributed by atoms with Crippen molar-refractivity contribution in [1.82, 2.24) is 4.90 Å². The molecule has 1 aromatic carbocycles. The molecule has 0 atom stereocenters. The second-order valence-corrected chi connectivity index (χ2v) is 6.22. The van der Waals surface area contributed by atoms with Gasteiger partial charge in [-0.1, -0.05) is 19.9 Å². The molecule has 0 fully saturated rings. The summed E-state index contributed by atoms with van der Waals surface area (Å²) in [5, 5.41) is 8.93. The minimum absolute atomic E-state index is 0.0340. The number of amides is 1. The summed E-state index contributed by atoms with van der Waals surface area (Å²) in [7, 11) is -3.31. The van der Waals surface area contributed by atoms with Crippen LogP contribution >= 0.6 is 7.82 Å². The van der Waals surface area contributed by atoms with Crippen molar-refractivity contribution in [3.8, 4) is 5.75 Å². The van der Waals surface area contributed by atoms with E-state index in [-0.39, 0.29) is 29.7 Å². The van der Waals surface area contributed by atoms with Gasteiger partial charge in [0, 0.05) is 25.1 Å². The Hall–Kier alpha value is -1.89. The van der Waals surface area contributed by atoms with Gasteiger partial charge in [0.1, 0.15) is 5.75 Å². The number of phosphoric ester groups is 1. The first-order valence-electron chi connectivity index (χ1n) is 6.37. The molecule has 1 aromatic rings. The number of hydrogen-bond donors (Lipinski definition) is 3. The van der Waals surface area contributed by atoms with Crippen LogP contribution in [0.2, 0.25) is 0 Å². The molecule has 0 saturated heterocycles. The van der Waals surface area contributed by atoms with Gasteiger partial charge in [0.2, 0.25) is 5.91 Å². The maximum atomic E-state index is 11.9. The van der Waals surface area contributed by atoms with Crippen LogP contribution in [0.5, 0.6) is 5.75 Å². The van der Waals surface area contributed by atoms with Crippen molar-refractivity contribution in [2.45, 2.75) is 20.4 Å². The Bertz CT molecular complexity index is 623.